The van der Waals surface area contributed by atoms with Crippen LogP contribution >= 0.6 is 0 Å². The van der Waals surface area contributed by atoms with Crippen molar-refractivity contribution in [3.8, 4) is 0 Å². The predicted molar refractivity (Wildman–Crippen MR) is 72.4 cm³/mol. The van der Waals surface area contributed by atoms with Crippen LogP contribution in [0.15, 0.2) is 18.2 Å². The van der Waals surface area contributed by atoms with Gasteiger partial charge in [0.2, 0.25) is 0 Å². The summed E-state index contributed by atoms with van der Waals surface area (Å²) in [6.07, 6.45) is 2.82. The fourth-order valence-corrected chi connectivity index (χ4v) is 2.71. The average Bonchev–Trinajstić information content (AvgIpc) is 3.17. The Morgan fingerprint density at radius 2 is 1.82 bits per heavy atom. The van der Waals surface area contributed by atoms with Crippen LogP contribution in [-0.2, 0) is 0 Å². The number of para-hydroxylation sites is 1. The normalized spacial score (nSPS) is 21.8. The molecular formula is C14H21N3. The van der Waals surface area contributed by atoms with Gasteiger partial charge in [0.05, 0.1) is 11.4 Å². The number of hydrogen-bond acceptors (Lipinski definition) is 3. The van der Waals surface area contributed by atoms with Gasteiger partial charge in [-0.1, -0.05) is 12.1 Å². The molecular weight excluding hydrogens is 210 g/mol. The van der Waals surface area contributed by atoms with Gasteiger partial charge in [-0.2, -0.15) is 0 Å². The number of aryl methyl sites for hydroxylation is 1. The Morgan fingerprint density at radius 1 is 1.12 bits per heavy atom. The van der Waals surface area contributed by atoms with Gasteiger partial charge in [0.15, 0.2) is 0 Å². The lowest BCUT2D eigenvalue weighted by Gasteiger charge is -2.36. The van der Waals surface area contributed by atoms with Crippen molar-refractivity contribution in [2.75, 3.05) is 36.8 Å². The van der Waals surface area contributed by atoms with E-state index < -0.39 is 0 Å². The minimum Gasteiger partial charge on any atom is -0.397 e. The highest BCUT2D eigenvalue weighted by Gasteiger charge is 2.31. The second-order valence-electron chi connectivity index (χ2n) is 5.26. The van der Waals surface area contributed by atoms with E-state index in [2.05, 4.69) is 34.9 Å². The summed E-state index contributed by atoms with van der Waals surface area (Å²) in [6.45, 7) is 6.70. The first-order chi connectivity index (χ1) is 8.25. The van der Waals surface area contributed by atoms with Crippen molar-refractivity contribution in [3.05, 3.63) is 23.8 Å². The third kappa shape index (κ3) is 2.12. The van der Waals surface area contributed by atoms with Gasteiger partial charge in [0.25, 0.3) is 0 Å². The molecule has 0 radical (unpaired) electrons. The monoisotopic (exact) mass is 231 g/mol. The molecule has 0 aromatic heterocycles. The highest BCUT2D eigenvalue weighted by atomic mass is 15.3. The zero-order valence-corrected chi connectivity index (χ0v) is 10.5. The second kappa shape index (κ2) is 4.22. The largest absolute Gasteiger partial charge is 0.397 e. The molecule has 1 saturated carbocycles. The van der Waals surface area contributed by atoms with Gasteiger partial charge in [-0.05, 0) is 31.4 Å². The van der Waals surface area contributed by atoms with Crippen LogP contribution in [0.2, 0.25) is 0 Å². The van der Waals surface area contributed by atoms with Crippen molar-refractivity contribution in [3.63, 3.8) is 0 Å². The Labute approximate surface area is 103 Å². The van der Waals surface area contributed by atoms with Crippen molar-refractivity contribution in [1.29, 1.82) is 0 Å². The summed E-state index contributed by atoms with van der Waals surface area (Å²) < 4.78 is 0. The topological polar surface area (TPSA) is 32.5 Å². The third-order valence-corrected chi connectivity index (χ3v) is 4.02. The molecule has 1 saturated heterocycles. The number of piperazine rings is 1. The molecule has 17 heavy (non-hydrogen) atoms. The molecule has 0 atom stereocenters. The van der Waals surface area contributed by atoms with Crippen LogP contribution in [0, 0.1) is 6.92 Å². The molecule has 3 rings (SSSR count). The first-order valence-electron chi connectivity index (χ1n) is 6.60. The molecule has 1 aromatic carbocycles. The first kappa shape index (κ1) is 10.9. The van der Waals surface area contributed by atoms with E-state index in [-0.39, 0.29) is 0 Å². The Balaban J connectivity index is 1.71. The van der Waals surface area contributed by atoms with E-state index in [0.29, 0.717) is 0 Å². The van der Waals surface area contributed by atoms with Crippen molar-refractivity contribution < 1.29 is 0 Å². The number of hydrogen-bond donors (Lipinski definition) is 1. The molecule has 1 aliphatic heterocycles. The molecule has 0 amide bonds. The zero-order valence-electron chi connectivity index (χ0n) is 10.5. The Kier molecular flexibility index (Phi) is 2.71. The van der Waals surface area contributed by atoms with E-state index in [1.54, 1.807) is 0 Å². The van der Waals surface area contributed by atoms with E-state index in [9.17, 15) is 0 Å². The molecule has 0 unspecified atom stereocenters. The fraction of sp³-hybridized carbons (Fsp3) is 0.571. The number of nitrogen functional groups attached to an aromatic ring is 1. The Hall–Kier alpha value is -1.22. The summed E-state index contributed by atoms with van der Waals surface area (Å²) in [6, 6.07) is 7.23. The van der Waals surface area contributed by atoms with Crippen molar-refractivity contribution in [2.24, 2.45) is 0 Å². The summed E-state index contributed by atoms with van der Waals surface area (Å²) in [7, 11) is 0. The highest BCUT2D eigenvalue weighted by molar-refractivity contribution is 5.71. The van der Waals surface area contributed by atoms with E-state index in [0.717, 1.165) is 24.8 Å². The van der Waals surface area contributed by atoms with E-state index in [4.69, 9.17) is 5.73 Å². The van der Waals surface area contributed by atoms with Crippen LogP contribution in [0.25, 0.3) is 0 Å². The zero-order chi connectivity index (χ0) is 11.8. The molecule has 3 nitrogen and oxygen atoms in total. The maximum Gasteiger partial charge on any atom is 0.0603 e. The van der Waals surface area contributed by atoms with Crippen molar-refractivity contribution in [1.82, 2.24) is 4.90 Å². The van der Waals surface area contributed by atoms with Crippen LogP contribution in [-0.4, -0.2) is 37.1 Å². The highest BCUT2D eigenvalue weighted by Crippen LogP contribution is 2.30. The smallest absolute Gasteiger partial charge is 0.0603 e. The summed E-state index contributed by atoms with van der Waals surface area (Å²) in [5.41, 5.74) is 9.53. The Morgan fingerprint density at radius 3 is 2.47 bits per heavy atom. The molecule has 1 aromatic rings. The lowest BCUT2D eigenvalue weighted by molar-refractivity contribution is 0.248. The van der Waals surface area contributed by atoms with Crippen molar-refractivity contribution >= 4 is 11.4 Å². The van der Waals surface area contributed by atoms with Crippen molar-refractivity contribution in [2.45, 2.75) is 25.8 Å². The molecule has 2 N–H and O–H groups in total. The summed E-state index contributed by atoms with van der Waals surface area (Å²) in [4.78, 5) is 5.06. The van der Waals surface area contributed by atoms with Gasteiger partial charge in [-0.3, -0.25) is 4.90 Å². The van der Waals surface area contributed by atoms with Gasteiger partial charge >= 0.3 is 0 Å². The molecule has 3 heteroatoms. The molecule has 1 aliphatic carbocycles. The third-order valence-electron chi connectivity index (χ3n) is 4.02. The number of nitrogens with zero attached hydrogens (tertiary/aromatic N) is 2. The van der Waals surface area contributed by atoms with Crippen LogP contribution in [0.1, 0.15) is 18.4 Å². The van der Waals surface area contributed by atoms with Gasteiger partial charge in [0.1, 0.15) is 0 Å². The van der Waals surface area contributed by atoms with E-state index in [1.165, 1.54) is 37.2 Å². The predicted octanol–water partition coefficient (Wildman–Crippen LogP) is 1.86. The van der Waals surface area contributed by atoms with Crippen LogP contribution in [0.5, 0.6) is 0 Å². The summed E-state index contributed by atoms with van der Waals surface area (Å²) in [5, 5.41) is 0. The average molecular weight is 231 g/mol. The standard InChI is InChI=1S/C14H21N3/c1-11-3-2-4-13(14(11)15)17-9-7-16(8-10-17)12-5-6-12/h2-4,12H,5-10,15H2,1H3. The first-order valence-corrected chi connectivity index (χ1v) is 6.60. The molecule has 2 fully saturated rings. The SMILES string of the molecule is Cc1cccc(N2CCN(C3CC3)CC2)c1N. The van der Waals surface area contributed by atoms with Gasteiger partial charge in [-0.15, -0.1) is 0 Å². The van der Waals surface area contributed by atoms with Gasteiger partial charge in [0, 0.05) is 32.2 Å². The molecule has 1 heterocycles. The lowest BCUT2D eigenvalue weighted by Crippen LogP contribution is -2.47. The van der Waals surface area contributed by atoms with Crippen LogP contribution in [0.4, 0.5) is 11.4 Å². The maximum atomic E-state index is 6.16. The molecule has 2 aliphatic rings. The van der Waals surface area contributed by atoms with E-state index in [1.807, 2.05) is 0 Å². The lowest BCUT2D eigenvalue weighted by atomic mass is 10.1. The quantitative estimate of drug-likeness (QED) is 0.789. The van der Waals surface area contributed by atoms with Gasteiger partial charge in [-0.25, -0.2) is 0 Å². The molecule has 0 spiro atoms. The second-order valence-corrected chi connectivity index (χ2v) is 5.26. The van der Waals surface area contributed by atoms with Gasteiger partial charge < -0.3 is 10.6 Å². The number of rotatable bonds is 2. The summed E-state index contributed by atoms with van der Waals surface area (Å²) in [5.74, 6) is 0. The number of benzene rings is 1. The summed E-state index contributed by atoms with van der Waals surface area (Å²) >= 11 is 0. The fourth-order valence-electron chi connectivity index (χ4n) is 2.71. The van der Waals surface area contributed by atoms with E-state index >= 15 is 0 Å². The Bertz CT molecular complexity index is 404. The van der Waals surface area contributed by atoms with Crippen LogP contribution < -0.4 is 10.6 Å². The van der Waals surface area contributed by atoms with Crippen LogP contribution in [0.3, 0.4) is 0 Å². The minimum absolute atomic E-state index is 0.895. The molecule has 0 bridgehead atoms. The number of nitrogens with two attached hydrogens (primary N) is 1. The maximum absolute atomic E-state index is 6.16. The molecule has 92 valence electrons. The number of anilines is 2. The minimum atomic E-state index is 0.895.